The SMILES string of the molecule is COc1cc(O)c(-c2cc(O)ccc2O)c(CCc2cccc(O)c2)c1. The van der Waals surface area contributed by atoms with Crippen molar-refractivity contribution in [3.05, 3.63) is 65.7 Å². The summed E-state index contributed by atoms with van der Waals surface area (Å²) < 4.78 is 5.24. The molecule has 0 fully saturated rings. The zero-order chi connectivity index (χ0) is 18.7. The lowest BCUT2D eigenvalue weighted by atomic mass is 9.93. The fourth-order valence-corrected chi connectivity index (χ4v) is 3.00. The fourth-order valence-electron chi connectivity index (χ4n) is 3.00. The van der Waals surface area contributed by atoms with Crippen molar-refractivity contribution < 1.29 is 25.2 Å². The van der Waals surface area contributed by atoms with Crippen LogP contribution in [-0.2, 0) is 12.8 Å². The third-order valence-electron chi connectivity index (χ3n) is 4.25. The Labute approximate surface area is 151 Å². The van der Waals surface area contributed by atoms with E-state index >= 15 is 0 Å². The van der Waals surface area contributed by atoms with Crippen molar-refractivity contribution in [1.29, 1.82) is 0 Å². The van der Waals surface area contributed by atoms with Crippen LogP contribution in [0.25, 0.3) is 11.1 Å². The number of phenolic OH excluding ortho intramolecular Hbond substituents is 4. The van der Waals surface area contributed by atoms with Gasteiger partial charge in [-0.2, -0.15) is 0 Å². The minimum Gasteiger partial charge on any atom is -0.508 e. The van der Waals surface area contributed by atoms with E-state index in [-0.39, 0.29) is 23.0 Å². The molecular formula is C21H20O5. The van der Waals surface area contributed by atoms with Crippen molar-refractivity contribution in [2.45, 2.75) is 12.8 Å². The van der Waals surface area contributed by atoms with Crippen LogP contribution in [0.15, 0.2) is 54.6 Å². The molecule has 0 bridgehead atoms. The second-order valence-corrected chi connectivity index (χ2v) is 6.05. The van der Waals surface area contributed by atoms with Gasteiger partial charge in [0.25, 0.3) is 0 Å². The molecule has 3 aromatic rings. The second-order valence-electron chi connectivity index (χ2n) is 6.05. The lowest BCUT2D eigenvalue weighted by Crippen LogP contribution is -1.97. The minimum absolute atomic E-state index is 0.00745. The number of aromatic hydroxyl groups is 4. The quantitative estimate of drug-likeness (QED) is 0.522. The van der Waals surface area contributed by atoms with Crippen LogP contribution in [-0.4, -0.2) is 27.5 Å². The largest absolute Gasteiger partial charge is 0.508 e. The third kappa shape index (κ3) is 3.67. The van der Waals surface area contributed by atoms with Gasteiger partial charge in [-0.3, -0.25) is 0 Å². The smallest absolute Gasteiger partial charge is 0.127 e. The summed E-state index contributed by atoms with van der Waals surface area (Å²) in [6, 6.07) is 14.4. The zero-order valence-corrected chi connectivity index (χ0v) is 14.3. The van der Waals surface area contributed by atoms with Crippen molar-refractivity contribution in [2.24, 2.45) is 0 Å². The van der Waals surface area contributed by atoms with Crippen molar-refractivity contribution in [3.8, 4) is 39.9 Å². The maximum Gasteiger partial charge on any atom is 0.127 e. The number of ether oxygens (including phenoxy) is 1. The van der Waals surface area contributed by atoms with Gasteiger partial charge in [0.15, 0.2) is 0 Å². The summed E-state index contributed by atoms with van der Waals surface area (Å²) in [4.78, 5) is 0. The maximum absolute atomic E-state index is 10.5. The van der Waals surface area contributed by atoms with E-state index in [0.29, 0.717) is 29.7 Å². The molecule has 0 aromatic heterocycles. The van der Waals surface area contributed by atoms with Gasteiger partial charge in [0, 0.05) is 17.2 Å². The maximum atomic E-state index is 10.5. The van der Waals surface area contributed by atoms with Gasteiger partial charge in [0.05, 0.1) is 7.11 Å². The summed E-state index contributed by atoms with van der Waals surface area (Å²) in [5.74, 6) is 0.601. The first kappa shape index (κ1) is 17.5. The van der Waals surface area contributed by atoms with Gasteiger partial charge in [0.2, 0.25) is 0 Å². The molecule has 0 aliphatic rings. The van der Waals surface area contributed by atoms with Crippen LogP contribution in [0.2, 0.25) is 0 Å². The summed E-state index contributed by atoms with van der Waals surface area (Å²) in [6.07, 6.45) is 1.16. The highest BCUT2D eigenvalue weighted by atomic mass is 16.5. The number of methoxy groups -OCH3 is 1. The topological polar surface area (TPSA) is 90.2 Å². The molecular weight excluding hydrogens is 332 g/mol. The van der Waals surface area contributed by atoms with Gasteiger partial charge >= 0.3 is 0 Å². The Morgan fingerprint density at radius 3 is 2.27 bits per heavy atom. The molecule has 0 unspecified atom stereocenters. The molecule has 0 aliphatic carbocycles. The first-order chi connectivity index (χ1) is 12.5. The van der Waals surface area contributed by atoms with Crippen LogP contribution in [0.4, 0.5) is 0 Å². The van der Waals surface area contributed by atoms with E-state index in [1.165, 1.54) is 31.4 Å². The van der Waals surface area contributed by atoms with Crippen molar-refractivity contribution in [3.63, 3.8) is 0 Å². The van der Waals surface area contributed by atoms with Gasteiger partial charge in [0.1, 0.15) is 28.7 Å². The van der Waals surface area contributed by atoms with E-state index in [1.807, 2.05) is 6.07 Å². The Bertz CT molecular complexity index is 934. The van der Waals surface area contributed by atoms with Crippen LogP contribution in [0.5, 0.6) is 28.7 Å². The second kappa shape index (κ2) is 7.27. The Morgan fingerprint density at radius 2 is 1.54 bits per heavy atom. The van der Waals surface area contributed by atoms with Gasteiger partial charge < -0.3 is 25.2 Å². The molecule has 0 heterocycles. The van der Waals surface area contributed by atoms with Crippen LogP contribution in [0.1, 0.15) is 11.1 Å². The minimum atomic E-state index is -0.0452. The van der Waals surface area contributed by atoms with Crippen molar-refractivity contribution >= 4 is 0 Å². The van der Waals surface area contributed by atoms with Gasteiger partial charge in [-0.1, -0.05) is 12.1 Å². The van der Waals surface area contributed by atoms with E-state index in [4.69, 9.17) is 4.74 Å². The molecule has 0 aliphatic heterocycles. The van der Waals surface area contributed by atoms with E-state index < -0.39 is 0 Å². The highest BCUT2D eigenvalue weighted by Gasteiger charge is 2.17. The molecule has 5 heteroatoms. The Kier molecular flexibility index (Phi) is 4.89. The van der Waals surface area contributed by atoms with E-state index in [9.17, 15) is 20.4 Å². The zero-order valence-electron chi connectivity index (χ0n) is 14.3. The molecule has 26 heavy (non-hydrogen) atoms. The Hall–Kier alpha value is -3.34. The molecule has 0 saturated carbocycles. The molecule has 3 aromatic carbocycles. The predicted molar refractivity (Wildman–Crippen MR) is 98.9 cm³/mol. The number of hydrogen-bond acceptors (Lipinski definition) is 5. The van der Waals surface area contributed by atoms with Crippen LogP contribution in [0, 0.1) is 0 Å². The molecule has 134 valence electrons. The normalized spacial score (nSPS) is 10.7. The molecule has 0 saturated heterocycles. The Balaban J connectivity index is 2.04. The first-order valence-electron chi connectivity index (χ1n) is 8.18. The predicted octanol–water partition coefficient (Wildman–Crippen LogP) is 3.97. The van der Waals surface area contributed by atoms with Crippen molar-refractivity contribution in [2.75, 3.05) is 7.11 Å². The number of hydrogen-bond donors (Lipinski definition) is 4. The monoisotopic (exact) mass is 352 g/mol. The molecule has 0 amide bonds. The summed E-state index contributed by atoms with van der Waals surface area (Å²) in [6.45, 7) is 0. The highest BCUT2D eigenvalue weighted by Crippen LogP contribution is 2.42. The number of rotatable bonds is 5. The fraction of sp³-hybridized carbons (Fsp3) is 0.143. The molecule has 5 nitrogen and oxygen atoms in total. The van der Waals surface area contributed by atoms with Crippen LogP contribution in [0.3, 0.4) is 0 Å². The number of phenols is 4. The van der Waals surface area contributed by atoms with E-state index in [1.54, 1.807) is 24.3 Å². The molecule has 4 N–H and O–H groups in total. The molecule has 0 atom stereocenters. The van der Waals surface area contributed by atoms with Gasteiger partial charge in [-0.25, -0.2) is 0 Å². The lowest BCUT2D eigenvalue weighted by Gasteiger charge is -2.15. The van der Waals surface area contributed by atoms with Crippen molar-refractivity contribution in [1.82, 2.24) is 0 Å². The molecule has 0 radical (unpaired) electrons. The average molecular weight is 352 g/mol. The number of aryl methyl sites for hydroxylation is 2. The Morgan fingerprint density at radius 1 is 0.769 bits per heavy atom. The molecule has 3 rings (SSSR count). The number of benzene rings is 3. The van der Waals surface area contributed by atoms with E-state index in [2.05, 4.69) is 0 Å². The molecule has 0 spiro atoms. The summed E-state index contributed by atoms with van der Waals surface area (Å²) in [5.41, 5.74) is 2.49. The van der Waals surface area contributed by atoms with Crippen LogP contribution < -0.4 is 4.74 Å². The van der Waals surface area contributed by atoms with Gasteiger partial charge in [-0.15, -0.1) is 0 Å². The standard InChI is InChI=1S/C21H20O5/c1-26-17-10-14(6-5-13-3-2-4-15(22)9-13)21(20(25)12-17)18-11-16(23)7-8-19(18)24/h2-4,7-12,22-25H,5-6H2,1H3. The first-order valence-corrected chi connectivity index (χ1v) is 8.18. The van der Waals surface area contributed by atoms with Crippen LogP contribution >= 0.6 is 0 Å². The third-order valence-corrected chi connectivity index (χ3v) is 4.25. The summed E-state index contributed by atoms with van der Waals surface area (Å²) in [7, 11) is 1.51. The average Bonchev–Trinajstić information content (AvgIpc) is 2.62. The van der Waals surface area contributed by atoms with E-state index in [0.717, 1.165) is 11.1 Å². The summed E-state index contributed by atoms with van der Waals surface area (Å²) in [5, 5.41) is 40.1. The summed E-state index contributed by atoms with van der Waals surface area (Å²) >= 11 is 0. The lowest BCUT2D eigenvalue weighted by molar-refractivity contribution is 0.407. The highest BCUT2D eigenvalue weighted by molar-refractivity contribution is 5.80. The van der Waals surface area contributed by atoms with Gasteiger partial charge in [-0.05, 0) is 60.4 Å².